The van der Waals surface area contributed by atoms with E-state index in [9.17, 15) is 0 Å². The van der Waals surface area contributed by atoms with Crippen LogP contribution in [-0.4, -0.2) is 25.7 Å². The molecular weight excluding hydrogens is 232 g/mol. The molecule has 0 atom stereocenters. The van der Waals surface area contributed by atoms with Gasteiger partial charge in [0.25, 0.3) is 0 Å². The van der Waals surface area contributed by atoms with Crippen molar-refractivity contribution in [2.45, 2.75) is 52.0 Å². The lowest BCUT2D eigenvalue weighted by atomic mass is 9.83. The summed E-state index contributed by atoms with van der Waals surface area (Å²) in [6, 6.07) is 7.56. The van der Waals surface area contributed by atoms with E-state index in [0.29, 0.717) is 6.04 Å². The van der Waals surface area contributed by atoms with Crippen LogP contribution >= 0.6 is 0 Å². The van der Waals surface area contributed by atoms with Crippen LogP contribution in [0.15, 0.2) is 18.2 Å². The van der Waals surface area contributed by atoms with Crippen molar-refractivity contribution in [3.8, 4) is 0 Å². The quantitative estimate of drug-likeness (QED) is 0.870. The minimum Gasteiger partial charge on any atom is -0.317 e. The van der Waals surface area contributed by atoms with E-state index in [1.54, 1.807) is 0 Å². The Morgan fingerprint density at radius 1 is 1.16 bits per heavy atom. The van der Waals surface area contributed by atoms with Crippen molar-refractivity contribution in [1.29, 1.82) is 0 Å². The first-order chi connectivity index (χ1) is 8.99. The SMILES string of the molecule is Cc1ccc(C(C)(C)CNC2CCNCC2)cc1C. The largest absolute Gasteiger partial charge is 0.317 e. The van der Waals surface area contributed by atoms with Crippen LogP contribution in [0.3, 0.4) is 0 Å². The van der Waals surface area contributed by atoms with Crippen LogP contribution in [0.1, 0.15) is 43.4 Å². The molecule has 0 bridgehead atoms. The number of hydrogen-bond donors (Lipinski definition) is 2. The second-order valence-corrected chi connectivity index (χ2v) is 6.59. The van der Waals surface area contributed by atoms with Crippen molar-refractivity contribution in [1.82, 2.24) is 10.6 Å². The number of nitrogens with one attached hydrogen (secondary N) is 2. The standard InChI is InChI=1S/C17H28N2/c1-13-5-6-15(11-14(13)2)17(3,4)12-19-16-7-9-18-10-8-16/h5-6,11,16,18-19H,7-10,12H2,1-4H3. The molecule has 0 aliphatic carbocycles. The Morgan fingerprint density at radius 3 is 2.47 bits per heavy atom. The smallest absolute Gasteiger partial charge is 0.00915 e. The zero-order chi connectivity index (χ0) is 13.9. The van der Waals surface area contributed by atoms with Gasteiger partial charge < -0.3 is 10.6 Å². The Kier molecular flexibility index (Phi) is 4.64. The molecule has 0 aromatic heterocycles. The summed E-state index contributed by atoms with van der Waals surface area (Å²) in [5, 5.41) is 7.17. The third-order valence-electron chi connectivity index (χ3n) is 4.46. The van der Waals surface area contributed by atoms with E-state index >= 15 is 0 Å². The molecule has 1 aliphatic heterocycles. The highest BCUT2D eigenvalue weighted by atomic mass is 15.0. The van der Waals surface area contributed by atoms with E-state index < -0.39 is 0 Å². The van der Waals surface area contributed by atoms with Crippen LogP contribution < -0.4 is 10.6 Å². The predicted molar refractivity (Wildman–Crippen MR) is 82.8 cm³/mol. The fourth-order valence-corrected chi connectivity index (χ4v) is 2.69. The van der Waals surface area contributed by atoms with Gasteiger partial charge in [-0.05, 0) is 56.5 Å². The lowest BCUT2D eigenvalue weighted by Gasteiger charge is -2.31. The molecule has 1 heterocycles. The van der Waals surface area contributed by atoms with Gasteiger partial charge in [0.05, 0.1) is 0 Å². The zero-order valence-electron chi connectivity index (χ0n) is 12.8. The summed E-state index contributed by atoms with van der Waals surface area (Å²) < 4.78 is 0. The van der Waals surface area contributed by atoms with Crippen LogP contribution in [0, 0.1) is 13.8 Å². The fraction of sp³-hybridized carbons (Fsp3) is 0.647. The van der Waals surface area contributed by atoms with E-state index in [0.717, 1.165) is 19.6 Å². The van der Waals surface area contributed by atoms with Crippen molar-refractivity contribution in [3.05, 3.63) is 34.9 Å². The molecule has 0 radical (unpaired) electrons. The maximum atomic E-state index is 3.75. The Labute approximate surface area is 118 Å². The van der Waals surface area contributed by atoms with Crippen molar-refractivity contribution >= 4 is 0 Å². The highest BCUT2D eigenvalue weighted by Gasteiger charge is 2.23. The van der Waals surface area contributed by atoms with Crippen molar-refractivity contribution in [2.75, 3.05) is 19.6 Å². The van der Waals surface area contributed by atoms with Crippen molar-refractivity contribution < 1.29 is 0 Å². The summed E-state index contributed by atoms with van der Waals surface area (Å²) in [5.41, 5.74) is 4.42. The summed E-state index contributed by atoms with van der Waals surface area (Å²) in [5.74, 6) is 0. The minimum absolute atomic E-state index is 0.198. The van der Waals surface area contributed by atoms with Gasteiger partial charge in [0.1, 0.15) is 0 Å². The number of rotatable bonds is 4. The topological polar surface area (TPSA) is 24.1 Å². The lowest BCUT2D eigenvalue weighted by molar-refractivity contribution is 0.351. The summed E-state index contributed by atoms with van der Waals surface area (Å²) in [6.07, 6.45) is 2.51. The molecule has 2 N–H and O–H groups in total. The number of piperidine rings is 1. The predicted octanol–water partition coefficient (Wildman–Crippen LogP) is 2.92. The monoisotopic (exact) mass is 260 g/mol. The Morgan fingerprint density at radius 2 is 1.84 bits per heavy atom. The number of aryl methyl sites for hydroxylation is 2. The molecule has 19 heavy (non-hydrogen) atoms. The van der Waals surface area contributed by atoms with Gasteiger partial charge in [0.15, 0.2) is 0 Å². The van der Waals surface area contributed by atoms with Gasteiger partial charge >= 0.3 is 0 Å². The fourth-order valence-electron chi connectivity index (χ4n) is 2.69. The van der Waals surface area contributed by atoms with Crippen LogP contribution in [0.4, 0.5) is 0 Å². The maximum Gasteiger partial charge on any atom is 0.00915 e. The molecule has 1 aromatic carbocycles. The highest BCUT2D eigenvalue weighted by molar-refractivity contribution is 5.34. The first-order valence-electron chi connectivity index (χ1n) is 7.51. The second kappa shape index (κ2) is 6.06. The third-order valence-corrected chi connectivity index (χ3v) is 4.46. The van der Waals surface area contributed by atoms with Gasteiger partial charge in [-0.1, -0.05) is 32.0 Å². The molecular formula is C17H28N2. The maximum absolute atomic E-state index is 3.75. The average Bonchev–Trinajstić information content (AvgIpc) is 2.41. The molecule has 106 valence electrons. The summed E-state index contributed by atoms with van der Waals surface area (Å²) in [4.78, 5) is 0. The van der Waals surface area contributed by atoms with Crippen molar-refractivity contribution in [3.63, 3.8) is 0 Å². The summed E-state index contributed by atoms with van der Waals surface area (Å²) in [7, 11) is 0. The lowest BCUT2D eigenvalue weighted by Crippen LogP contribution is -2.44. The normalized spacial score (nSPS) is 17.7. The van der Waals surface area contributed by atoms with Crippen LogP contribution in [0.25, 0.3) is 0 Å². The third kappa shape index (κ3) is 3.80. The van der Waals surface area contributed by atoms with E-state index in [4.69, 9.17) is 0 Å². The van der Waals surface area contributed by atoms with E-state index in [1.165, 1.54) is 29.5 Å². The van der Waals surface area contributed by atoms with Gasteiger partial charge in [-0.15, -0.1) is 0 Å². The molecule has 0 unspecified atom stereocenters. The van der Waals surface area contributed by atoms with Gasteiger partial charge in [0, 0.05) is 18.0 Å². The van der Waals surface area contributed by atoms with Crippen molar-refractivity contribution in [2.24, 2.45) is 0 Å². The molecule has 0 amide bonds. The number of benzene rings is 1. The molecule has 0 spiro atoms. The second-order valence-electron chi connectivity index (χ2n) is 6.59. The van der Waals surface area contributed by atoms with Gasteiger partial charge in [-0.3, -0.25) is 0 Å². The zero-order valence-corrected chi connectivity index (χ0v) is 12.8. The summed E-state index contributed by atoms with van der Waals surface area (Å²) in [6.45, 7) is 12.4. The molecule has 1 aromatic rings. The van der Waals surface area contributed by atoms with Crippen LogP contribution in [-0.2, 0) is 5.41 Å². The van der Waals surface area contributed by atoms with Crippen LogP contribution in [0.2, 0.25) is 0 Å². The molecule has 1 aliphatic rings. The van der Waals surface area contributed by atoms with Gasteiger partial charge in [0.2, 0.25) is 0 Å². The molecule has 1 saturated heterocycles. The molecule has 1 fully saturated rings. The first-order valence-corrected chi connectivity index (χ1v) is 7.51. The highest BCUT2D eigenvalue weighted by Crippen LogP contribution is 2.25. The molecule has 2 nitrogen and oxygen atoms in total. The first kappa shape index (κ1) is 14.5. The van der Waals surface area contributed by atoms with E-state index in [2.05, 4.69) is 56.5 Å². The van der Waals surface area contributed by atoms with Gasteiger partial charge in [-0.2, -0.15) is 0 Å². The number of hydrogen-bond acceptors (Lipinski definition) is 2. The average molecular weight is 260 g/mol. The molecule has 2 rings (SSSR count). The molecule has 0 saturated carbocycles. The molecule has 2 heteroatoms. The van der Waals surface area contributed by atoms with E-state index in [1.807, 2.05) is 0 Å². The van der Waals surface area contributed by atoms with E-state index in [-0.39, 0.29) is 5.41 Å². The van der Waals surface area contributed by atoms with Gasteiger partial charge in [-0.25, -0.2) is 0 Å². The van der Waals surface area contributed by atoms with Crippen LogP contribution in [0.5, 0.6) is 0 Å². The Balaban J connectivity index is 1.98. The Bertz CT molecular complexity index is 417. The minimum atomic E-state index is 0.198. The Hall–Kier alpha value is -0.860. The summed E-state index contributed by atoms with van der Waals surface area (Å²) >= 11 is 0.